The Balaban J connectivity index is 1.90. The van der Waals surface area contributed by atoms with E-state index >= 15 is 0 Å². The van der Waals surface area contributed by atoms with Crippen molar-refractivity contribution in [1.82, 2.24) is 5.32 Å². The molecule has 2 aromatic carbocycles. The third-order valence-corrected chi connectivity index (χ3v) is 3.61. The Hall–Kier alpha value is -1.39. The molecule has 20 heavy (non-hydrogen) atoms. The van der Waals surface area contributed by atoms with Crippen LogP contribution in [0, 0.1) is 13.8 Å². The topological polar surface area (TPSA) is 24.1 Å². The Morgan fingerprint density at radius 1 is 1.05 bits per heavy atom. The van der Waals surface area contributed by atoms with Gasteiger partial charge in [-0.2, -0.15) is 0 Å². The van der Waals surface area contributed by atoms with E-state index in [0.717, 1.165) is 16.7 Å². The first-order valence-corrected chi connectivity index (χ1v) is 7.60. The number of rotatable bonds is 3. The molecule has 0 saturated heterocycles. The smallest absolute Gasteiger partial charge is 0.171 e. The van der Waals surface area contributed by atoms with Crippen LogP contribution in [0.25, 0.3) is 0 Å². The van der Waals surface area contributed by atoms with Crippen molar-refractivity contribution in [2.75, 3.05) is 5.32 Å². The maximum atomic E-state index is 5.30. The summed E-state index contributed by atoms with van der Waals surface area (Å²) in [6.45, 7) is 4.94. The van der Waals surface area contributed by atoms with E-state index in [-0.39, 0.29) is 0 Å². The minimum absolute atomic E-state index is 0.631. The molecule has 4 heteroatoms. The van der Waals surface area contributed by atoms with Gasteiger partial charge in [0.05, 0.1) is 0 Å². The van der Waals surface area contributed by atoms with Crippen molar-refractivity contribution in [3.8, 4) is 0 Å². The minimum atomic E-state index is 0.631. The fourth-order valence-corrected chi connectivity index (χ4v) is 2.52. The predicted octanol–water partition coefficient (Wildman–Crippen LogP) is 4.55. The number of aryl methyl sites for hydroxylation is 2. The largest absolute Gasteiger partial charge is 0.358 e. The highest BCUT2D eigenvalue weighted by atomic mass is 79.9. The van der Waals surface area contributed by atoms with E-state index in [4.69, 9.17) is 12.2 Å². The summed E-state index contributed by atoms with van der Waals surface area (Å²) in [5.74, 6) is 0. The third kappa shape index (κ3) is 4.62. The lowest BCUT2D eigenvalue weighted by atomic mass is 10.1. The summed E-state index contributed by atoms with van der Waals surface area (Å²) in [6, 6.07) is 14.4. The molecule has 0 fully saturated rings. The second-order valence-electron chi connectivity index (χ2n) is 4.81. The molecule has 104 valence electrons. The van der Waals surface area contributed by atoms with Crippen LogP contribution in [0.3, 0.4) is 0 Å². The molecule has 0 saturated carbocycles. The number of nitrogens with one attached hydrogen (secondary N) is 2. The van der Waals surface area contributed by atoms with Crippen LogP contribution in [0.15, 0.2) is 46.9 Å². The summed E-state index contributed by atoms with van der Waals surface area (Å²) in [5.41, 5.74) is 4.76. The number of halogens is 1. The van der Waals surface area contributed by atoms with Gasteiger partial charge >= 0.3 is 0 Å². The monoisotopic (exact) mass is 348 g/mol. The molecule has 0 aliphatic carbocycles. The van der Waals surface area contributed by atoms with Crippen molar-refractivity contribution in [2.24, 2.45) is 0 Å². The molecule has 0 amide bonds. The highest BCUT2D eigenvalue weighted by Crippen LogP contribution is 2.14. The zero-order chi connectivity index (χ0) is 14.5. The Kier molecular flexibility index (Phi) is 5.15. The molecule has 2 rings (SSSR count). The molecule has 0 heterocycles. The van der Waals surface area contributed by atoms with Gasteiger partial charge in [0.2, 0.25) is 0 Å². The SMILES string of the molecule is Cc1cc(C)cc(CNC(=S)Nc2ccc(Br)cc2)c1. The average Bonchev–Trinajstić information content (AvgIpc) is 2.38. The number of hydrogen-bond donors (Lipinski definition) is 2. The lowest BCUT2D eigenvalue weighted by Gasteiger charge is -2.11. The highest BCUT2D eigenvalue weighted by molar-refractivity contribution is 9.10. The molecule has 0 spiro atoms. The minimum Gasteiger partial charge on any atom is -0.358 e. The first-order chi connectivity index (χ1) is 9.52. The van der Waals surface area contributed by atoms with E-state index in [9.17, 15) is 0 Å². The van der Waals surface area contributed by atoms with Gasteiger partial charge in [-0.3, -0.25) is 0 Å². The Morgan fingerprint density at radius 2 is 1.65 bits per heavy atom. The van der Waals surface area contributed by atoms with Gasteiger partial charge in [0.25, 0.3) is 0 Å². The molecule has 0 aromatic heterocycles. The van der Waals surface area contributed by atoms with Gasteiger partial charge in [-0.25, -0.2) is 0 Å². The van der Waals surface area contributed by atoms with Crippen LogP contribution in [0.2, 0.25) is 0 Å². The van der Waals surface area contributed by atoms with Crippen molar-refractivity contribution >= 4 is 38.9 Å². The van der Waals surface area contributed by atoms with Crippen LogP contribution in [-0.2, 0) is 6.54 Å². The lowest BCUT2D eigenvalue weighted by molar-refractivity contribution is 0.921. The summed E-state index contributed by atoms with van der Waals surface area (Å²) >= 11 is 8.71. The molecule has 0 unspecified atom stereocenters. The van der Waals surface area contributed by atoms with Crippen LogP contribution in [0.1, 0.15) is 16.7 Å². The molecule has 0 aliphatic rings. The molecule has 2 N–H and O–H groups in total. The molecule has 2 aromatic rings. The first-order valence-electron chi connectivity index (χ1n) is 6.40. The molecule has 0 radical (unpaired) electrons. The Morgan fingerprint density at radius 3 is 2.25 bits per heavy atom. The first kappa shape index (κ1) is 15.0. The number of anilines is 1. The molecule has 2 nitrogen and oxygen atoms in total. The standard InChI is InChI=1S/C16H17BrN2S/c1-11-7-12(2)9-13(8-11)10-18-16(20)19-15-5-3-14(17)4-6-15/h3-9H,10H2,1-2H3,(H2,18,19,20). The summed E-state index contributed by atoms with van der Waals surface area (Å²) in [7, 11) is 0. The normalized spacial score (nSPS) is 10.2. The van der Waals surface area contributed by atoms with Crippen LogP contribution in [0.4, 0.5) is 5.69 Å². The second kappa shape index (κ2) is 6.86. The molecular weight excluding hydrogens is 332 g/mol. The molecule has 0 bridgehead atoms. The van der Waals surface area contributed by atoms with E-state index in [1.807, 2.05) is 24.3 Å². The zero-order valence-corrected chi connectivity index (χ0v) is 13.9. The molecule has 0 aliphatic heterocycles. The molecule has 0 atom stereocenters. The van der Waals surface area contributed by atoms with Gasteiger partial charge in [-0.05, 0) is 55.9 Å². The lowest BCUT2D eigenvalue weighted by Crippen LogP contribution is -2.27. The summed E-state index contributed by atoms with van der Waals surface area (Å²) in [4.78, 5) is 0. The summed E-state index contributed by atoms with van der Waals surface area (Å²) in [6.07, 6.45) is 0. The fraction of sp³-hybridized carbons (Fsp3) is 0.188. The van der Waals surface area contributed by atoms with Gasteiger partial charge in [0.1, 0.15) is 0 Å². The van der Waals surface area contributed by atoms with E-state index in [0.29, 0.717) is 5.11 Å². The van der Waals surface area contributed by atoms with Gasteiger partial charge in [-0.1, -0.05) is 45.3 Å². The number of benzene rings is 2. The van der Waals surface area contributed by atoms with Crippen molar-refractivity contribution in [2.45, 2.75) is 20.4 Å². The summed E-state index contributed by atoms with van der Waals surface area (Å²) < 4.78 is 1.05. The van der Waals surface area contributed by atoms with E-state index in [1.54, 1.807) is 0 Å². The van der Waals surface area contributed by atoms with Crippen LogP contribution < -0.4 is 10.6 Å². The quantitative estimate of drug-likeness (QED) is 0.795. The van der Waals surface area contributed by atoms with Crippen molar-refractivity contribution in [3.05, 3.63) is 63.6 Å². The number of hydrogen-bond acceptors (Lipinski definition) is 1. The van der Waals surface area contributed by atoms with Crippen LogP contribution >= 0.6 is 28.1 Å². The Bertz CT molecular complexity index is 588. The van der Waals surface area contributed by atoms with E-state index in [1.165, 1.54) is 16.7 Å². The van der Waals surface area contributed by atoms with Gasteiger partial charge < -0.3 is 10.6 Å². The third-order valence-electron chi connectivity index (χ3n) is 2.84. The van der Waals surface area contributed by atoms with Crippen molar-refractivity contribution in [1.29, 1.82) is 0 Å². The molecular formula is C16H17BrN2S. The van der Waals surface area contributed by atoms with Crippen LogP contribution in [0.5, 0.6) is 0 Å². The van der Waals surface area contributed by atoms with Gasteiger partial charge in [0, 0.05) is 16.7 Å². The van der Waals surface area contributed by atoms with E-state index < -0.39 is 0 Å². The van der Waals surface area contributed by atoms with Crippen molar-refractivity contribution in [3.63, 3.8) is 0 Å². The number of thiocarbonyl (C=S) groups is 1. The highest BCUT2D eigenvalue weighted by Gasteiger charge is 2.00. The summed E-state index contributed by atoms with van der Waals surface area (Å²) in [5, 5.41) is 7.02. The van der Waals surface area contributed by atoms with Gasteiger partial charge in [0.15, 0.2) is 5.11 Å². The zero-order valence-electron chi connectivity index (χ0n) is 11.5. The predicted molar refractivity (Wildman–Crippen MR) is 93.1 cm³/mol. The Labute approximate surface area is 133 Å². The van der Waals surface area contributed by atoms with Crippen molar-refractivity contribution < 1.29 is 0 Å². The maximum absolute atomic E-state index is 5.30. The average molecular weight is 349 g/mol. The maximum Gasteiger partial charge on any atom is 0.171 e. The fourth-order valence-electron chi connectivity index (χ4n) is 2.06. The van der Waals surface area contributed by atoms with Crippen LogP contribution in [-0.4, -0.2) is 5.11 Å². The van der Waals surface area contributed by atoms with E-state index in [2.05, 4.69) is 58.6 Å². The van der Waals surface area contributed by atoms with Gasteiger partial charge in [-0.15, -0.1) is 0 Å². The second-order valence-corrected chi connectivity index (χ2v) is 6.13.